The quantitative estimate of drug-likeness (QED) is 0.292. The Kier molecular flexibility index (Phi) is 8.84. The second kappa shape index (κ2) is 12.1. The van der Waals surface area contributed by atoms with E-state index in [1.54, 1.807) is 0 Å². The maximum atomic E-state index is 13.4. The zero-order valence-corrected chi connectivity index (χ0v) is 21.5. The maximum absolute atomic E-state index is 13.4. The molecule has 0 amide bonds. The van der Waals surface area contributed by atoms with Crippen LogP contribution in [0.25, 0.3) is 0 Å². The molecule has 2 aromatic rings. The van der Waals surface area contributed by atoms with Gasteiger partial charge in [0, 0.05) is 0 Å². The molecule has 0 spiro atoms. The lowest BCUT2D eigenvalue weighted by atomic mass is 9.73. The third-order valence-electron chi connectivity index (χ3n) is 8.07. The molecule has 2 aromatic carbocycles. The molecular formula is C31H40O5. The number of carbonyl (C=O) groups excluding carboxylic acids is 2. The standard InChI is InChI=1S/C31H40O5/c1-2-3-15-26(32)16-10-17-27(30(18-19-30)28(33)35-22-24-11-6-4-7-12-24)31(20-21-31)29(34)36-23-25-13-8-5-9-14-25/h4-9,11-14,26-27,32H,2-3,10,15-23H2,1H3. The summed E-state index contributed by atoms with van der Waals surface area (Å²) in [6, 6.07) is 19.4. The van der Waals surface area contributed by atoms with Gasteiger partial charge in [0.25, 0.3) is 0 Å². The second-order valence-electron chi connectivity index (χ2n) is 10.7. The highest BCUT2D eigenvalue weighted by atomic mass is 16.5. The summed E-state index contributed by atoms with van der Waals surface area (Å²) < 4.78 is 11.6. The zero-order chi connectivity index (χ0) is 25.4. The number of benzene rings is 2. The first-order valence-corrected chi connectivity index (χ1v) is 13.6. The van der Waals surface area contributed by atoms with Crippen molar-refractivity contribution in [3.63, 3.8) is 0 Å². The lowest BCUT2D eigenvalue weighted by Gasteiger charge is -2.32. The molecule has 194 valence electrons. The van der Waals surface area contributed by atoms with Crippen LogP contribution in [0, 0.1) is 16.7 Å². The van der Waals surface area contributed by atoms with Gasteiger partial charge in [-0.05, 0) is 62.0 Å². The number of esters is 2. The fourth-order valence-electron chi connectivity index (χ4n) is 5.62. The lowest BCUT2D eigenvalue weighted by Crippen LogP contribution is -2.38. The molecule has 5 heteroatoms. The van der Waals surface area contributed by atoms with Crippen LogP contribution < -0.4 is 0 Å². The Balaban J connectivity index is 1.44. The summed E-state index contributed by atoms with van der Waals surface area (Å²) in [6.07, 6.45) is 7.75. The number of hydrogen-bond acceptors (Lipinski definition) is 5. The van der Waals surface area contributed by atoms with Crippen LogP contribution in [0.2, 0.25) is 0 Å². The van der Waals surface area contributed by atoms with Crippen molar-refractivity contribution in [3.05, 3.63) is 71.8 Å². The largest absolute Gasteiger partial charge is 0.460 e. The zero-order valence-electron chi connectivity index (χ0n) is 21.5. The van der Waals surface area contributed by atoms with E-state index in [4.69, 9.17) is 9.47 Å². The Morgan fingerprint density at radius 3 is 1.61 bits per heavy atom. The number of unbranched alkanes of at least 4 members (excludes halogenated alkanes) is 1. The van der Waals surface area contributed by atoms with Crippen molar-refractivity contribution in [1.29, 1.82) is 0 Å². The Morgan fingerprint density at radius 1 is 0.750 bits per heavy atom. The van der Waals surface area contributed by atoms with Gasteiger partial charge in [0.15, 0.2) is 0 Å². The number of aliphatic hydroxyl groups excluding tert-OH is 1. The van der Waals surface area contributed by atoms with Gasteiger partial charge in [-0.3, -0.25) is 9.59 Å². The fourth-order valence-corrected chi connectivity index (χ4v) is 5.62. The smallest absolute Gasteiger partial charge is 0.312 e. The number of ether oxygens (including phenoxy) is 2. The van der Waals surface area contributed by atoms with E-state index in [1.807, 2.05) is 60.7 Å². The molecule has 0 bridgehead atoms. The van der Waals surface area contributed by atoms with Gasteiger partial charge in [-0.1, -0.05) is 86.8 Å². The molecule has 0 heterocycles. The maximum Gasteiger partial charge on any atom is 0.312 e. The number of carbonyl (C=O) groups is 2. The summed E-state index contributed by atoms with van der Waals surface area (Å²) in [4.78, 5) is 26.9. The average molecular weight is 493 g/mol. The van der Waals surface area contributed by atoms with Gasteiger partial charge in [0.1, 0.15) is 13.2 Å². The van der Waals surface area contributed by atoms with E-state index < -0.39 is 10.8 Å². The van der Waals surface area contributed by atoms with Crippen LogP contribution in [-0.4, -0.2) is 23.1 Å². The van der Waals surface area contributed by atoms with E-state index in [-0.39, 0.29) is 37.2 Å². The molecule has 0 saturated heterocycles. The van der Waals surface area contributed by atoms with E-state index in [0.29, 0.717) is 6.42 Å². The van der Waals surface area contributed by atoms with Gasteiger partial charge in [-0.2, -0.15) is 0 Å². The molecule has 1 N–H and O–H groups in total. The summed E-state index contributed by atoms with van der Waals surface area (Å²) in [5.74, 6) is -0.495. The molecule has 0 aliphatic heterocycles. The summed E-state index contributed by atoms with van der Waals surface area (Å²) >= 11 is 0. The van der Waals surface area contributed by atoms with Crippen LogP contribution in [0.3, 0.4) is 0 Å². The van der Waals surface area contributed by atoms with E-state index in [0.717, 1.165) is 68.9 Å². The Hall–Kier alpha value is -2.66. The van der Waals surface area contributed by atoms with Crippen molar-refractivity contribution in [2.75, 3.05) is 0 Å². The van der Waals surface area contributed by atoms with Gasteiger partial charge < -0.3 is 14.6 Å². The van der Waals surface area contributed by atoms with Crippen LogP contribution in [0.4, 0.5) is 0 Å². The van der Waals surface area contributed by atoms with E-state index in [2.05, 4.69) is 6.92 Å². The molecule has 2 aliphatic carbocycles. The molecule has 0 radical (unpaired) electrons. The predicted molar refractivity (Wildman–Crippen MR) is 139 cm³/mol. The van der Waals surface area contributed by atoms with Crippen molar-refractivity contribution < 1.29 is 24.2 Å². The van der Waals surface area contributed by atoms with Gasteiger partial charge >= 0.3 is 11.9 Å². The Morgan fingerprint density at radius 2 is 1.19 bits per heavy atom. The van der Waals surface area contributed by atoms with Crippen molar-refractivity contribution in [2.45, 2.75) is 90.4 Å². The third-order valence-corrected chi connectivity index (χ3v) is 8.07. The van der Waals surface area contributed by atoms with E-state index in [9.17, 15) is 14.7 Å². The molecule has 36 heavy (non-hydrogen) atoms. The van der Waals surface area contributed by atoms with Crippen molar-refractivity contribution in [3.8, 4) is 0 Å². The Labute approximate surface area is 215 Å². The second-order valence-corrected chi connectivity index (χ2v) is 10.7. The predicted octanol–water partition coefficient (Wildman–Crippen LogP) is 6.37. The van der Waals surface area contributed by atoms with Crippen molar-refractivity contribution in [1.82, 2.24) is 0 Å². The molecule has 1 atom stereocenters. The first-order valence-electron chi connectivity index (χ1n) is 13.6. The first-order chi connectivity index (χ1) is 17.5. The Bertz CT molecular complexity index is 907. The molecule has 2 aliphatic rings. The summed E-state index contributed by atoms with van der Waals surface area (Å²) in [6.45, 7) is 2.61. The van der Waals surface area contributed by atoms with Crippen LogP contribution in [0.1, 0.15) is 82.3 Å². The minimum absolute atomic E-state index is 0.116. The topological polar surface area (TPSA) is 72.8 Å². The van der Waals surface area contributed by atoms with E-state index >= 15 is 0 Å². The lowest BCUT2D eigenvalue weighted by molar-refractivity contribution is -0.162. The normalized spacial score (nSPS) is 17.9. The molecule has 5 nitrogen and oxygen atoms in total. The van der Waals surface area contributed by atoms with Crippen LogP contribution >= 0.6 is 0 Å². The summed E-state index contributed by atoms with van der Waals surface area (Å²) in [7, 11) is 0. The SMILES string of the molecule is CCCCC(O)CCCC(C1(C(=O)OCc2ccccc2)CC1)C1(C(=O)OCc2ccccc2)CC1. The van der Waals surface area contributed by atoms with Crippen LogP contribution in [0.5, 0.6) is 0 Å². The van der Waals surface area contributed by atoms with E-state index in [1.165, 1.54) is 0 Å². The summed E-state index contributed by atoms with van der Waals surface area (Å²) in [5.41, 5.74) is 0.679. The fraction of sp³-hybridized carbons (Fsp3) is 0.548. The summed E-state index contributed by atoms with van der Waals surface area (Å²) in [5, 5.41) is 10.4. The molecule has 2 saturated carbocycles. The monoisotopic (exact) mass is 492 g/mol. The minimum atomic E-state index is -0.620. The first kappa shape index (κ1) is 26.4. The third kappa shape index (κ3) is 6.36. The highest BCUT2D eigenvalue weighted by Crippen LogP contribution is 2.67. The highest BCUT2D eigenvalue weighted by molar-refractivity contribution is 5.85. The molecule has 1 unspecified atom stereocenters. The molecule has 2 fully saturated rings. The van der Waals surface area contributed by atoms with Gasteiger partial charge in [-0.25, -0.2) is 0 Å². The molecule has 0 aromatic heterocycles. The number of rotatable bonds is 15. The highest BCUT2D eigenvalue weighted by Gasteiger charge is 2.69. The van der Waals surface area contributed by atoms with Crippen LogP contribution in [0.15, 0.2) is 60.7 Å². The van der Waals surface area contributed by atoms with Crippen molar-refractivity contribution in [2.24, 2.45) is 16.7 Å². The van der Waals surface area contributed by atoms with Crippen molar-refractivity contribution >= 4 is 11.9 Å². The van der Waals surface area contributed by atoms with Gasteiger partial charge in [-0.15, -0.1) is 0 Å². The number of aliphatic hydroxyl groups is 1. The van der Waals surface area contributed by atoms with Crippen LogP contribution in [-0.2, 0) is 32.3 Å². The van der Waals surface area contributed by atoms with Gasteiger partial charge in [0.2, 0.25) is 0 Å². The van der Waals surface area contributed by atoms with Gasteiger partial charge in [0.05, 0.1) is 16.9 Å². The number of hydrogen-bond donors (Lipinski definition) is 1. The minimum Gasteiger partial charge on any atom is -0.460 e. The molecule has 4 rings (SSSR count). The molecular weight excluding hydrogens is 452 g/mol. The average Bonchev–Trinajstić information content (AvgIpc) is 3.84.